The summed E-state index contributed by atoms with van der Waals surface area (Å²) in [6.07, 6.45) is 3.50. The van der Waals surface area contributed by atoms with Crippen molar-refractivity contribution in [2.45, 2.75) is 19.4 Å². The number of hydrogen-bond donors (Lipinski definition) is 2. The summed E-state index contributed by atoms with van der Waals surface area (Å²) < 4.78 is 25.3. The third-order valence-electron chi connectivity index (χ3n) is 2.56. The van der Waals surface area contributed by atoms with Crippen LogP contribution in [0, 0.1) is 0 Å². The van der Waals surface area contributed by atoms with E-state index in [1.807, 2.05) is 0 Å². The summed E-state index contributed by atoms with van der Waals surface area (Å²) in [7, 11) is -1.88. The fraction of sp³-hybridized carbons (Fsp3) is 0.545. The average Bonchev–Trinajstić information content (AvgIpc) is 2.71. The van der Waals surface area contributed by atoms with Crippen molar-refractivity contribution >= 4 is 21.7 Å². The van der Waals surface area contributed by atoms with Gasteiger partial charge in [0, 0.05) is 20.2 Å². The van der Waals surface area contributed by atoms with E-state index in [2.05, 4.69) is 10.4 Å². The number of aryl methyl sites for hydroxylation is 2. The molecule has 8 nitrogen and oxygen atoms in total. The molecule has 0 saturated carbocycles. The van der Waals surface area contributed by atoms with Gasteiger partial charge in [0.2, 0.25) is 5.91 Å². The van der Waals surface area contributed by atoms with Crippen LogP contribution < -0.4 is 5.32 Å². The maximum atomic E-state index is 11.9. The van der Waals surface area contributed by atoms with Crippen molar-refractivity contribution in [2.75, 3.05) is 11.5 Å². The quantitative estimate of drug-likeness (QED) is 0.664. The van der Waals surface area contributed by atoms with E-state index in [4.69, 9.17) is 5.11 Å². The Morgan fingerprint density at radius 3 is 2.60 bits per heavy atom. The second-order valence-electron chi connectivity index (χ2n) is 4.48. The maximum absolute atomic E-state index is 11.9. The van der Waals surface area contributed by atoms with Gasteiger partial charge in [-0.1, -0.05) is 0 Å². The average molecular weight is 303 g/mol. The molecule has 1 rings (SSSR count). The lowest BCUT2D eigenvalue weighted by atomic mass is 10.3. The Hall–Kier alpha value is -1.90. The number of nitrogens with one attached hydrogen (secondary N) is 1. The molecule has 1 atom stereocenters. The lowest BCUT2D eigenvalue weighted by Crippen LogP contribution is -2.44. The molecule has 1 aromatic heterocycles. The number of carboxylic acid groups (broad SMARTS) is 1. The van der Waals surface area contributed by atoms with Gasteiger partial charge in [0.05, 0.1) is 17.7 Å². The Balaban J connectivity index is 2.63. The zero-order valence-electron chi connectivity index (χ0n) is 11.2. The van der Waals surface area contributed by atoms with E-state index in [0.29, 0.717) is 0 Å². The molecule has 0 unspecified atom stereocenters. The smallest absolute Gasteiger partial charge is 0.327 e. The van der Waals surface area contributed by atoms with Gasteiger partial charge in [-0.2, -0.15) is 5.10 Å². The van der Waals surface area contributed by atoms with Gasteiger partial charge in [-0.15, -0.1) is 0 Å². The van der Waals surface area contributed by atoms with E-state index < -0.39 is 33.5 Å². The third-order valence-corrected chi connectivity index (χ3v) is 4.22. The molecule has 112 valence electrons. The van der Waals surface area contributed by atoms with E-state index in [1.54, 1.807) is 24.1 Å². The number of carbonyl (C=O) groups is 2. The first-order chi connectivity index (χ1) is 9.19. The van der Waals surface area contributed by atoms with Crippen molar-refractivity contribution in [3.8, 4) is 0 Å². The van der Waals surface area contributed by atoms with Crippen LogP contribution in [0.3, 0.4) is 0 Å². The number of carbonyl (C=O) groups excluding carboxylic acids is 1. The van der Waals surface area contributed by atoms with Crippen LogP contribution in [0.25, 0.3) is 0 Å². The molecular formula is C11H17N3O5S. The van der Waals surface area contributed by atoms with Crippen LogP contribution in [0.1, 0.15) is 12.5 Å². The molecule has 0 aliphatic heterocycles. The summed E-state index contributed by atoms with van der Waals surface area (Å²) >= 11 is 0. The Morgan fingerprint density at radius 1 is 1.50 bits per heavy atom. The number of nitrogens with zero attached hydrogens (tertiary/aromatic N) is 2. The van der Waals surface area contributed by atoms with Gasteiger partial charge in [0.25, 0.3) is 0 Å². The van der Waals surface area contributed by atoms with Gasteiger partial charge >= 0.3 is 5.97 Å². The monoisotopic (exact) mass is 303 g/mol. The minimum atomic E-state index is -3.59. The van der Waals surface area contributed by atoms with Gasteiger partial charge in [-0.25, -0.2) is 13.2 Å². The molecule has 0 bridgehead atoms. The SMILES string of the molecule is CC(=O)N[C@@H](CS(=O)(=O)CCc1cnn(C)c1)C(=O)O. The molecule has 0 radical (unpaired) electrons. The summed E-state index contributed by atoms with van der Waals surface area (Å²) in [6, 6.07) is -1.42. The molecule has 0 aromatic carbocycles. The van der Waals surface area contributed by atoms with Crippen molar-refractivity contribution in [3.63, 3.8) is 0 Å². The number of rotatable bonds is 7. The molecule has 1 aromatic rings. The van der Waals surface area contributed by atoms with Gasteiger partial charge in [0.1, 0.15) is 6.04 Å². The molecule has 9 heteroatoms. The van der Waals surface area contributed by atoms with Crippen molar-refractivity contribution in [1.29, 1.82) is 0 Å². The summed E-state index contributed by atoms with van der Waals surface area (Å²) in [5, 5.41) is 14.9. The zero-order chi connectivity index (χ0) is 15.3. The van der Waals surface area contributed by atoms with Gasteiger partial charge in [-0.3, -0.25) is 9.48 Å². The highest BCUT2D eigenvalue weighted by Crippen LogP contribution is 2.03. The number of aromatic nitrogens is 2. The third kappa shape index (κ3) is 5.39. The first-order valence-corrected chi connectivity index (χ1v) is 7.69. The molecule has 1 heterocycles. The van der Waals surface area contributed by atoms with Crippen molar-refractivity contribution in [1.82, 2.24) is 15.1 Å². The molecule has 1 amide bonds. The summed E-state index contributed by atoms with van der Waals surface area (Å²) in [6.45, 7) is 1.14. The number of carboxylic acids is 1. The summed E-state index contributed by atoms with van der Waals surface area (Å²) in [4.78, 5) is 21.7. The topological polar surface area (TPSA) is 118 Å². The molecule has 0 aliphatic rings. The molecule has 20 heavy (non-hydrogen) atoms. The Morgan fingerprint density at radius 2 is 2.15 bits per heavy atom. The van der Waals surface area contributed by atoms with Gasteiger partial charge < -0.3 is 10.4 Å². The van der Waals surface area contributed by atoms with Crippen LogP contribution in [0.2, 0.25) is 0 Å². The molecular weight excluding hydrogens is 286 g/mol. The number of hydrogen-bond acceptors (Lipinski definition) is 5. The standard InChI is InChI=1S/C11H17N3O5S/c1-8(15)13-10(11(16)17)7-20(18,19)4-3-9-5-12-14(2)6-9/h5-6,10H,3-4,7H2,1-2H3,(H,13,15)(H,16,17)/t10-/m0/s1. The van der Waals surface area contributed by atoms with Gasteiger partial charge in [0.15, 0.2) is 9.84 Å². The molecule has 0 saturated heterocycles. The van der Waals surface area contributed by atoms with Crippen molar-refractivity contribution < 1.29 is 23.1 Å². The van der Waals surface area contributed by atoms with Crippen molar-refractivity contribution in [2.24, 2.45) is 7.05 Å². The van der Waals surface area contributed by atoms with Crippen LogP contribution in [0.15, 0.2) is 12.4 Å². The van der Waals surface area contributed by atoms with Crippen LogP contribution in [-0.4, -0.2) is 52.7 Å². The van der Waals surface area contributed by atoms with E-state index in [9.17, 15) is 18.0 Å². The highest BCUT2D eigenvalue weighted by molar-refractivity contribution is 7.91. The summed E-state index contributed by atoms with van der Waals surface area (Å²) in [5.74, 6) is -2.77. The number of aliphatic carboxylic acids is 1. The first kappa shape index (κ1) is 16.2. The highest BCUT2D eigenvalue weighted by Gasteiger charge is 2.25. The minimum absolute atomic E-state index is 0.192. The van der Waals surface area contributed by atoms with E-state index in [-0.39, 0.29) is 12.2 Å². The fourth-order valence-electron chi connectivity index (χ4n) is 1.63. The Kier molecular flexibility index (Phi) is 5.26. The predicted octanol–water partition coefficient (Wildman–Crippen LogP) is -1.03. The normalized spacial score (nSPS) is 12.9. The van der Waals surface area contributed by atoms with E-state index in [1.165, 1.54) is 0 Å². The minimum Gasteiger partial charge on any atom is -0.480 e. The van der Waals surface area contributed by atoms with Gasteiger partial charge in [-0.05, 0) is 12.0 Å². The van der Waals surface area contributed by atoms with E-state index in [0.717, 1.165) is 12.5 Å². The van der Waals surface area contributed by atoms with Crippen LogP contribution in [0.4, 0.5) is 0 Å². The largest absolute Gasteiger partial charge is 0.480 e. The fourth-order valence-corrected chi connectivity index (χ4v) is 3.08. The molecule has 0 fully saturated rings. The zero-order valence-corrected chi connectivity index (χ0v) is 12.1. The molecule has 0 aliphatic carbocycles. The van der Waals surface area contributed by atoms with Crippen LogP contribution in [-0.2, 0) is 32.9 Å². The Bertz CT molecular complexity index is 593. The summed E-state index contributed by atoms with van der Waals surface area (Å²) in [5.41, 5.74) is 0.752. The first-order valence-electron chi connectivity index (χ1n) is 5.87. The molecule has 2 N–H and O–H groups in total. The second-order valence-corrected chi connectivity index (χ2v) is 6.71. The maximum Gasteiger partial charge on any atom is 0.327 e. The predicted molar refractivity (Wildman–Crippen MR) is 70.8 cm³/mol. The second kappa shape index (κ2) is 6.51. The van der Waals surface area contributed by atoms with Crippen LogP contribution >= 0.6 is 0 Å². The lowest BCUT2D eigenvalue weighted by molar-refractivity contribution is -0.140. The van der Waals surface area contributed by atoms with E-state index >= 15 is 0 Å². The number of amides is 1. The molecule has 0 spiro atoms. The Labute approximate surface area is 116 Å². The lowest BCUT2D eigenvalue weighted by Gasteiger charge is -2.13. The van der Waals surface area contributed by atoms with Crippen LogP contribution in [0.5, 0.6) is 0 Å². The number of sulfone groups is 1. The highest BCUT2D eigenvalue weighted by atomic mass is 32.2. The van der Waals surface area contributed by atoms with Crippen molar-refractivity contribution in [3.05, 3.63) is 18.0 Å².